The lowest BCUT2D eigenvalue weighted by Gasteiger charge is -2.17. The van der Waals surface area contributed by atoms with Crippen LogP contribution in [0.5, 0.6) is 0 Å². The molecule has 1 N–H and O–H groups in total. The summed E-state index contributed by atoms with van der Waals surface area (Å²) in [5, 5.41) is 13.0. The highest BCUT2D eigenvalue weighted by atomic mass is 16.5. The second-order valence-corrected chi connectivity index (χ2v) is 4.75. The maximum atomic E-state index is 11.0. The lowest BCUT2D eigenvalue weighted by atomic mass is 9.87. The van der Waals surface area contributed by atoms with Crippen LogP contribution >= 0.6 is 0 Å². The van der Waals surface area contributed by atoms with E-state index in [-0.39, 0.29) is 0 Å². The number of nitrogens with zero attached hydrogens (tertiary/aromatic N) is 1. The van der Waals surface area contributed by atoms with Crippen molar-refractivity contribution in [2.75, 3.05) is 0 Å². The molecule has 0 spiro atoms. The molecule has 4 heteroatoms. The largest absolute Gasteiger partial charge is 0.481 e. The first-order chi connectivity index (χ1) is 7.00. The van der Waals surface area contributed by atoms with Crippen molar-refractivity contribution in [3.05, 3.63) is 17.0 Å². The van der Waals surface area contributed by atoms with E-state index in [2.05, 4.69) is 5.16 Å². The molecule has 0 aliphatic heterocycles. The van der Waals surface area contributed by atoms with E-state index < -0.39 is 11.4 Å². The average molecular weight is 209 g/mol. The molecule has 1 aromatic rings. The van der Waals surface area contributed by atoms with Gasteiger partial charge in [0.2, 0.25) is 0 Å². The van der Waals surface area contributed by atoms with Crippen molar-refractivity contribution in [2.24, 2.45) is 5.41 Å². The zero-order chi connectivity index (χ0) is 11.1. The topological polar surface area (TPSA) is 63.3 Å². The van der Waals surface area contributed by atoms with Crippen molar-refractivity contribution in [3.8, 4) is 0 Å². The normalized spacial score (nSPS) is 15.3. The maximum absolute atomic E-state index is 11.0. The summed E-state index contributed by atoms with van der Waals surface area (Å²) >= 11 is 0. The summed E-state index contributed by atoms with van der Waals surface area (Å²) in [5.74, 6) is -0.0412. The van der Waals surface area contributed by atoms with Crippen LogP contribution in [0.25, 0.3) is 0 Å². The molecule has 0 radical (unpaired) electrons. The van der Waals surface area contributed by atoms with E-state index in [0.717, 1.165) is 36.3 Å². The van der Waals surface area contributed by atoms with Gasteiger partial charge in [0, 0.05) is 12.0 Å². The summed E-state index contributed by atoms with van der Waals surface area (Å²) in [6.07, 6.45) is 3.47. The number of hydrogen-bond donors (Lipinski definition) is 1. The Balaban J connectivity index is 2.21. The number of fused-ring (bicyclic) bond motifs is 1. The Kier molecular flexibility index (Phi) is 2.29. The van der Waals surface area contributed by atoms with Crippen LogP contribution in [0, 0.1) is 5.41 Å². The summed E-state index contributed by atoms with van der Waals surface area (Å²) in [6, 6.07) is 0. The summed E-state index contributed by atoms with van der Waals surface area (Å²) in [5.41, 5.74) is 1.38. The number of carboxylic acids is 1. The van der Waals surface area contributed by atoms with Gasteiger partial charge in [0.1, 0.15) is 5.76 Å². The number of rotatable bonds is 3. The molecule has 1 heterocycles. The van der Waals surface area contributed by atoms with Crippen LogP contribution < -0.4 is 0 Å². The molecule has 0 atom stereocenters. The van der Waals surface area contributed by atoms with Gasteiger partial charge >= 0.3 is 5.97 Å². The van der Waals surface area contributed by atoms with E-state index in [1.807, 2.05) is 0 Å². The Bertz CT molecular complexity index is 393. The molecule has 1 aromatic heterocycles. The highest BCUT2D eigenvalue weighted by molar-refractivity contribution is 5.74. The number of hydrogen-bond acceptors (Lipinski definition) is 3. The zero-order valence-corrected chi connectivity index (χ0v) is 9.04. The van der Waals surface area contributed by atoms with Crippen LogP contribution in [0.1, 0.15) is 37.3 Å². The van der Waals surface area contributed by atoms with E-state index in [1.54, 1.807) is 13.8 Å². The molecule has 1 aliphatic carbocycles. The lowest BCUT2D eigenvalue weighted by molar-refractivity contribution is -0.147. The van der Waals surface area contributed by atoms with Gasteiger partial charge in [0.05, 0.1) is 11.1 Å². The van der Waals surface area contributed by atoms with E-state index in [1.165, 1.54) is 0 Å². The fourth-order valence-corrected chi connectivity index (χ4v) is 1.91. The van der Waals surface area contributed by atoms with Crippen molar-refractivity contribution in [1.29, 1.82) is 0 Å². The summed E-state index contributed by atoms with van der Waals surface area (Å²) in [4.78, 5) is 11.0. The summed E-state index contributed by atoms with van der Waals surface area (Å²) in [6.45, 7) is 3.42. The van der Waals surface area contributed by atoms with Gasteiger partial charge in [-0.25, -0.2) is 0 Å². The van der Waals surface area contributed by atoms with Crippen LogP contribution in [0.3, 0.4) is 0 Å². The third-order valence-corrected chi connectivity index (χ3v) is 2.97. The van der Waals surface area contributed by atoms with Gasteiger partial charge in [-0.1, -0.05) is 5.16 Å². The fraction of sp³-hybridized carbons (Fsp3) is 0.636. The molecule has 1 aliphatic rings. The zero-order valence-electron chi connectivity index (χ0n) is 9.04. The highest BCUT2D eigenvalue weighted by Crippen LogP contribution is 2.30. The fourth-order valence-electron chi connectivity index (χ4n) is 1.91. The summed E-state index contributed by atoms with van der Waals surface area (Å²) in [7, 11) is 0. The number of aromatic nitrogens is 1. The molecule has 0 aromatic carbocycles. The Morgan fingerprint density at radius 3 is 2.93 bits per heavy atom. The second-order valence-electron chi connectivity index (χ2n) is 4.75. The predicted molar refractivity (Wildman–Crippen MR) is 53.6 cm³/mol. The van der Waals surface area contributed by atoms with Gasteiger partial charge in [0.15, 0.2) is 0 Å². The standard InChI is InChI=1S/C11H15NO3/c1-11(2,10(13)14)6-9-7-4-3-5-8(7)12-15-9/h3-6H2,1-2H3,(H,13,14). The first-order valence-electron chi connectivity index (χ1n) is 5.20. The van der Waals surface area contributed by atoms with Gasteiger partial charge in [-0.05, 0) is 33.1 Å². The molecule has 0 fully saturated rings. The van der Waals surface area contributed by atoms with Crippen molar-refractivity contribution >= 4 is 5.97 Å². The highest BCUT2D eigenvalue weighted by Gasteiger charge is 2.32. The molecule has 15 heavy (non-hydrogen) atoms. The van der Waals surface area contributed by atoms with Gasteiger partial charge in [0.25, 0.3) is 0 Å². The second kappa shape index (κ2) is 3.36. The molecule has 2 rings (SSSR count). The third-order valence-electron chi connectivity index (χ3n) is 2.97. The lowest BCUT2D eigenvalue weighted by Crippen LogP contribution is -2.26. The van der Waals surface area contributed by atoms with Crippen LogP contribution in [0.2, 0.25) is 0 Å². The van der Waals surface area contributed by atoms with Gasteiger partial charge in [-0.2, -0.15) is 0 Å². The monoisotopic (exact) mass is 209 g/mol. The SMILES string of the molecule is CC(C)(Cc1onc2c1CCC2)C(=O)O. The molecule has 0 saturated carbocycles. The molecule has 0 saturated heterocycles. The van der Waals surface area contributed by atoms with Crippen LogP contribution in [-0.2, 0) is 24.1 Å². The van der Waals surface area contributed by atoms with E-state index >= 15 is 0 Å². The van der Waals surface area contributed by atoms with E-state index in [4.69, 9.17) is 9.63 Å². The van der Waals surface area contributed by atoms with Crippen molar-refractivity contribution in [3.63, 3.8) is 0 Å². The number of aliphatic carboxylic acids is 1. The third kappa shape index (κ3) is 1.76. The Morgan fingerprint density at radius 2 is 2.27 bits per heavy atom. The Hall–Kier alpha value is -1.32. The molecule has 0 bridgehead atoms. The van der Waals surface area contributed by atoms with Gasteiger partial charge in [-0.3, -0.25) is 4.79 Å². The minimum Gasteiger partial charge on any atom is -0.481 e. The van der Waals surface area contributed by atoms with Crippen molar-refractivity contribution in [1.82, 2.24) is 5.16 Å². The minimum absolute atomic E-state index is 0.421. The predicted octanol–water partition coefficient (Wildman–Crippen LogP) is 1.82. The molecule has 4 nitrogen and oxygen atoms in total. The Labute approximate surface area is 88.3 Å². The summed E-state index contributed by atoms with van der Waals surface area (Å²) < 4.78 is 5.21. The number of carboxylic acid groups (broad SMARTS) is 1. The molecular weight excluding hydrogens is 194 g/mol. The van der Waals surface area contributed by atoms with Gasteiger partial charge in [-0.15, -0.1) is 0 Å². The maximum Gasteiger partial charge on any atom is 0.309 e. The quantitative estimate of drug-likeness (QED) is 0.824. The van der Waals surface area contributed by atoms with E-state index in [9.17, 15) is 4.79 Å². The first kappa shape index (κ1) is 10.2. The van der Waals surface area contributed by atoms with Crippen molar-refractivity contribution in [2.45, 2.75) is 39.5 Å². The molecular formula is C11H15NO3. The molecule has 82 valence electrons. The van der Waals surface area contributed by atoms with Crippen molar-refractivity contribution < 1.29 is 14.4 Å². The minimum atomic E-state index is -0.800. The Morgan fingerprint density at radius 1 is 1.53 bits per heavy atom. The molecule has 0 unspecified atom stereocenters. The number of aryl methyl sites for hydroxylation is 1. The van der Waals surface area contributed by atoms with E-state index in [0.29, 0.717) is 6.42 Å². The average Bonchev–Trinajstić information content (AvgIpc) is 2.69. The smallest absolute Gasteiger partial charge is 0.309 e. The molecule has 0 amide bonds. The van der Waals surface area contributed by atoms with Crippen LogP contribution in [-0.4, -0.2) is 16.2 Å². The van der Waals surface area contributed by atoms with Gasteiger partial charge < -0.3 is 9.63 Å². The van der Waals surface area contributed by atoms with Crippen LogP contribution in [0.15, 0.2) is 4.52 Å². The van der Waals surface area contributed by atoms with Crippen LogP contribution in [0.4, 0.5) is 0 Å². The first-order valence-corrected chi connectivity index (χ1v) is 5.20. The number of carbonyl (C=O) groups is 1.